The molecule has 0 bridgehead atoms. The molecule has 0 radical (unpaired) electrons. The SMILES string of the molecule is CCNC(=NCc1ccc(Cl)cc1OC)NC1CCN(C(=O)C(C)C)CC1.I. The van der Waals surface area contributed by atoms with Crippen LogP contribution in [0.3, 0.4) is 0 Å². The molecule has 0 spiro atoms. The summed E-state index contributed by atoms with van der Waals surface area (Å²) in [6.45, 7) is 8.82. The van der Waals surface area contributed by atoms with Crippen molar-refractivity contribution in [3.8, 4) is 5.75 Å². The number of ether oxygens (including phenoxy) is 1. The number of hydrogen-bond donors (Lipinski definition) is 2. The molecule has 28 heavy (non-hydrogen) atoms. The quantitative estimate of drug-likeness (QED) is 0.340. The van der Waals surface area contributed by atoms with Gasteiger partial charge in [0.05, 0.1) is 13.7 Å². The summed E-state index contributed by atoms with van der Waals surface area (Å²) in [5.74, 6) is 1.82. The number of halogens is 2. The lowest BCUT2D eigenvalue weighted by Crippen LogP contribution is -2.50. The Bertz CT molecular complexity index is 662. The van der Waals surface area contributed by atoms with Crippen molar-refractivity contribution in [2.75, 3.05) is 26.7 Å². The molecule has 1 aliphatic heterocycles. The van der Waals surface area contributed by atoms with Crippen molar-refractivity contribution < 1.29 is 9.53 Å². The molecule has 0 aromatic heterocycles. The molecular formula is C20H32ClIN4O2. The summed E-state index contributed by atoms with van der Waals surface area (Å²) in [4.78, 5) is 18.8. The summed E-state index contributed by atoms with van der Waals surface area (Å²) in [5, 5.41) is 7.44. The highest BCUT2D eigenvalue weighted by Gasteiger charge is 2.24. The number of nitrogens with zero attached hydrogens (tertiary/aromatic N) is 2. The molecule has 2 rings (SSSR count). The molecule has 1 aromatic carbocycles. The van der Waals surface area contributed by atoms with Gasteiger partial charge in [0.1, 0.15) is 5.75 Å². The van der Waals surface area contributed by atoms with Crippen LogP contribution < -0.4 is 15.4 Å². The van der Waals surface area contributed by atoms with Gasteiger partial charge < -0.3 is 20.3 Å². The zero-order valence-electron chi connectivity index (χ0n) is 17.1. The molecule has 1 aromatic rings. The Morgan fingerprint density at radius 3 is 2.61 bits per heavy atom. The molecule has 0 atom stereocenters. The van der Waals surface area contributed by atoms with Crippen LogP contribution in [0.5, 0.6) is 5.75 Å². The van der Waals surface area contributed by atoms with Crippen LogP contribution in [-0.2, 0) is 11.3 Å². The lowest BCUT2D eigenvalue weighted by Gasteiger charge is -2.34. The van der Waals surface area contributed by atoms with Crippen molar-refractivity contribution in [3.63, 3.8) is 0 Å². The van der Waals surface area contributed by atoms with Gasteiger partial charge in [-0.05, 0) is 31.9 Å². The average Bonchev–Trinajstić information content (AvgIpc) is 2.66. The maximum absolute atomic E-state index is 12.1. The summed E-state index contributed by atoms with van der Waals surface area (Å²) < 4.78 is 5.39. The number of benzene rings is 1. The molecule has 1 aliphatic rings. The van der Waals surface area contributed by atoms with Crippen molar-refractivity contribution in [2.45, 2.75) is 46.2 Å². The van der Waals surface area contributed by atoms with Gasteiger partial charge in [-0.15, -0.1) is 24.0 Å². The van der Waals surface area contributed by atoms with Gasteiger partial charge in [-0.1, -0.05) is 31.5 Å². The molecule has 1 saturated heterocycles. The van der Waals surface area contributed by atoms with Gasteiger partial charge in [0.15, 0.2) is 5.96 Å². The third-order valence-electron chi connectivity index (χ3n) is 4.64. The topological polar surface area (TPSA) is 66.0 Å². The Kier molecular flexibility index (Phi) is 11.0. The first-order valence-corrected chi connectivity index (χ1v) is 9.98. The third kappa shape index (κ3) is 7.31. The van der Waals surface area contributed by atoms with E-state index < -0.39 is 0 Å². The minimum absolute atomic E-state index is 0. The fourth-order valence-corrected chi connectivity index (χ4v) is 3.30. The Morgan fingerprint density at radius 2 is 2.04 bits per heavy atom. The first-order chi connectivity index (χ1) is 12.9. The van der Waals surface area contributed by atoms with Crippen LogP contribution in [-0.4, -0.2) is 49.6 Å². The van der Waals surface area contributed by atoms with Crippen LogP contribution >= 0.6 is 35.6 Å². The van der Waals surface area contributed by atoms with Gasteiger partial charge in [-0.2, -0.15) is 0 Å². The predicted molar refractivity (Wildman–Crippen MR) is 126 cm³/mol. The number of piperidine rings is 1. The van der Waals surface area contributed by atoms with E-state index in [9.17, 15) is 4.79 Å². The molecule has 1 heterocycles. The Hall–Kier alpha value is -1.22. The monoisotopic (exact) mass is 522 g/mol. The van der Waals surface area contributed by atoms with Gasteiger partial charge in [0, 0.05) is 42.2 Å². The summed E-state index contributed by atoms with van der Waals surface area (Å²) in [5.41, 5.74) is 0.983. The first-order valence-electron chi connectivity index (χ1n) is 9.60. The number of hydrogen-bond acceptors (Lipinski definition) is 3. The largest absolute Gasteiger partial charge is 0.496 e. The number of carbonyl (C=O) groups is 1. The Labute approximate surface area is 190 Å². The van der Waals surface area contributed by atoms with Crippen molar-refractivity contribution >= 4 is 47.4 Å². The first kappa shape index (κ1) is 24.8. The van der Waals surface area contributed by atoms with Gasteiger partial charge in [-0.25, -0.2) is 4.99 Å². The van der Waals surface area contributed by atoms with Crippen LogP contribution in [0.15, 0.2) is 23.2 Å². The minimum Gasteiger partial charge on any atom is -0.496 e. The van der Waals surface area contributed by atoms with Crippen molar-refractivity contribution in [1.82, 2.24) is 15.5 Å². The van der Waals surface area contributed by atoms with E-state index in [0.717, 1.165) is 49.7 Å². The van der Waals surface area contributed by atoms with Crippen molar-refractivity contribution in [2.24, 2.45) is 10.9 Å². The zero-order chi connectivity index (χ0) is 19.8. The molecule has 6 nitrogen and oxygen atoms in total. The fraction of sp³-hybridized carbons (Fsp3) is 0.600. The highest BCUT2D eigenvalue weighted by Crippen LogP contribution is 2.23. The summed E-state index contributed by atoms with van der Waals surface area (Å²) in [6.07, 6.45) is 1.85. The highest BCUT2D eigenvalue weighted by atomic mass is 127. The lowest BCUT2D eigenvalue weighted by atomic mass is 10.0. The number of likely N-dealkylation sites (tertiary alicyclic amines) is 1. The van der Waals surface area contributed by atoms with Gasteiger partial charge >= 0.3 is 0 Å². The van der Waals surface area contributed by atoms with Crippen molar-refractivity contribution in [3.05, 3.63) is 28.8 Å². The second-order valence-corrected chi connectivity index (χ2v) is 7.49. The second-order valence-electron chi connectivity index (χ2n) is 7.05. The number of rotatable bonds is 6. The lowest BCUT2D eigenvalue weighted by molar-refractivity contribution is -0.135. The number of carbonyl (C=O) groups excluding carboxylic acids is 1. The van der Waals surface area contributed by atoms with Crippen LogP contribution in [0.25, 0.3) is 0 Å². The van der Waals surface area contributed by atoms with Crippen LogP contribution in [0.2, 0.25) is 5.02 Å². The molecule has 1 fully saturated rings. The summed E-state index contributed by atoms with van der Waals surface area (Å²) in [6, 6.07) is 5.89. The smallest absolute Gasteiger partial charge is 0.225 e. The van der Waals surface area contributed by atoms with E-state index >= 15 is 0 Å². The molecule has 0 unspecified atom stereocenters. The molecule has 0 saturated carbocycles. The number of nitrogens with one attached hydrogen (secondary N) is 2. The standard InChI is InChI=1S/C20H31ClN4O2.HI/c1-5-22-20(23-13-15-6-7-16(21)12-18(15)27-4)24-17-8-10-25(11-9-17)19(26)14(2)3;/h6-7,12,14,17H,5,8-11,13H2,1-4H3,(H2,22,23,24);1H. The van der Waals surface area contributed by atoms with Crippen molar-refractivity contribution in [1.29, 1.82) is 0 Å². The highest BCUT2D eigenvalue weighted by molar-refractivity contribution is 14.0. The van der Waals surface area contributed by atoms with Crippen LogP contribution in [0, 0.1) is 5.92 Å². The minimum atomic E-state index is 0. The molecule has 0 aliphatic carbocycles. The van der Waals surface area contributed by atoms with E-state index in [-0.39, 0.29) is 35.8 Å². The van der Waals surface area contributed by atoms with Gasteiger partial charge in [0.2, 0.25) is 5.91 Å². The third-order valence-corrected chi connectivity index (χ3v) is 4.88. The van der Waals surface area contributed by atoms with E-state index in [1.54, 1.807) is 13.2 Å². The predicted octanol–water partition coefficient (Wildman–Crippen LogP) is 3.67. The average molecular weight is 523 g/mol. The summed E-state index contributed by atoms with van der Waals surface area (Å²) >= 11 is 6.02. The second kappa shape index (κ2) is 12.4. The molecular weight excluding hydrogens is 491 g/mol. The normalized spacial score (nSPS) is 15.2. The molecule has 1 amide bonds. The van der Waals surface area contributed by atoms with E-state index in [1.807, 2.05) is 37.8 Å². The van der Waals surface area contributed by atoms with Gasteiger partial charge in [-0.3, -0.25) is 4.79 Å². The maximum atomic E-state index is 12.1. The number of amides is 1. The number of guanidine groups is 1. The van der Waals surface area contributed by atoms with E-state index in [4.69, 9.17) is 16.3 Å². The Balaban J connectivity index is 0.00000392. The molecule has 8 heteroatoms. The number of aliphatic imine (C=N–C) groups is 1. The molecule has 2 N–H and O–H groups in total. The van der Waals surface area contributed by atoms with Crippen LogP contribution in [0.1, 0.15) is 39.2 Å². The summed E-state index contributed by atoms with van der Waals surface area (Å²) in [7, 11) is 1.63. The van der Waals surface area contributed by atoms with E-state index in [1.165, 1.54) is 0 Å². The maximum Gasteiger partial charge on any atom is 0.225 e. The Morgan fingerprint density at radius 1 is 1.36 bits per heavy atom. The zero-order valence-corrected chi connectivity index (χ0v) is 20.2. The van der Waals surface area contributed by atoms with Gasteiger partial charge in [0.25, 0.3) is 0 Å². The fourth-order valence-electron chi connectivity index (χ4n) is 3.14. The van der Waals surface area contributed by atoms with E-state index in [0.29, 0.717) is 17.6 Å². The van der Waals surface area contributed by atoms with Crippen LogP contribution in [0.4, 0.5) is 0 Å². The number of methoxy groups -OCH3 is 1. The molecule has 158 valence electrons. The van der Waals surface area contributed by atoms with E-state index in [2.05, 4.69) is 15.6 Å².